The maximum atomic E-state index is 12.5. The predicted octanol–water partition coefficient (Wildman–Crippen LogP) is 13.1. The summed E-state index contributed by atoms with van der Waals surface area (Å²) < 4.78 is 16.5. The smallest absolute Gasteiger partial charge is 0.306 e. The van der Waals surface area contributed by atoms with Crippen LogP contribution < -0.4 is 0 Å². The molecule has 0 aliphatic carbocycles. The normalized spacial score (nSPS) is 12.0. The minimum absolute atomic E-state index is 0.0703. The van der Waals surface area contributed by atoms with Crippen molar-refractivity contribution in [2.45, 2.75) is 232 Å². The quantitative estimate of drug-likeness (QED) is 0.0277. The third-order valence-electron chi connectivity index (χ3n) is 9.27. The summed E-state index contributed by atoms with van der Waals surface area (Å²) in [6, 6.07) is 0. The zero-order chi connectivity index (χ0) is 35.9. The molecule has 0 aromatic carbocycles. The first-order valence-electron chi connectivity index (χ1n) is 21.2. The molecule has 0 aliphatic heterocycles. The van der Waals surface area contributed by atoms with Crippen LogP contribution in [0.2, 0.25) is 0 Å². The van der Waals surface area contributed by atoms with E-state index in [0.29, 0.717) is 19.3 Å². The molecule has 0 heterocycles. The topological polar surface area (TPSA) is 78.9 Å². The Morgan fingerprint density at radius 2 is 0.673 bits per heavy atom. The van der Waals surface area contributed by atoms with Gasteiger partial charge in [0, 0.05) is 19.3 Å². The number of esters is 3. The van der Waals surface area contributed by atoms with Gasteiger partial charge in [0.15, 0.2) is 6.10 Å². The van der Waals surface area contributed by atoms with Crippen LogP contribution in [0.15, 0.2) is 12.2 Å². The van der Waals surface area contributed by atoms with Crippen LogP contribution >= 0.6 is 0 Å². The van der Waals surface area contributed by atoms with Crippen molar-refractivity contribution in [1.82, 2.24) is 0 Å². The minimum Gasteiger partial charge on any atom is -0.462 e. The fourth-order valence-corrected chi connectivity index (χ4v) is 6.02. The molecule has 288 valence electrons. The van der Waals surface area contributed by atoms with Gasteiger partial charge in [-0.2, -0.15) is 0 Å². The Hall–Kier alpha value is -1.85. The summed E-state index contributed by atoms with van der Waals surface area (Å²) in [4.78, 5) is 37.3. The average Bonchev–Trinajstić information content (AvgIpc) is 3.09. The summed E-state index contributed by atoms with van der Waals surface area (Å²) in [7, 11) is 0. The number of unbranched alkanes of at least 4 members (excludes halogenated alkanes) is 25. The Labute approximate surface area is 303 Å². The van der Waals surface area contributed by atoms with Gasteiger partial charge in [0.05, 0.1) is 0 Å². The van der Waals surface area contributed by atoms with E-state index in [9.17, 15) is 14.4 Å². The van der Waals surface area contributed by atoms with E-state index in [1.54, 1.807) is 0 Å². The highest BCUT2D eigenvalue weighted by atomic mass is 16.6. The Morgan fingerprint density at radius 3 is 1.02 bits per heavy atom. The van der Waals surface area contributed by atoms with E-state index in [2.05, 4.69) is 32.9 Å². The lowest BCUT2D eigenvalue weighted by Crippen LogP contribution is -2.30. The molecular formula is C43H80O6. The minimum atomic E-state index is -0.762. The number of allylic oxidation sites excluding steroid dienone is 2. The van der Waals surface area contributed by atoms with Crippen molar-refractivity contribution in [3.05, 3.63) is 12.2 Å². The molecule has 0 spiro atoms. The number of rotatable bonds is 38. The number of hydrogen-bond acceptors (Lipinski definition) is 6. The summed E-state index contributed by atoms with van der Waals surface area (Å²) >= 11 is 0. The van der Waals surface area contributed by atoms with Gasteiger partial charge in [-0.05, 0) is 44.9 Å². The van der Waals surface area contributed by atoms with E-state index in [0.717, 1.165) is 70.6 Å². The second kappa shape index (κ2) is 38.9. The van der Waals surface area contributed by atoms with E-state index in [4.69, 9.17) is 14.2 Å². The Kier molecular flexibility index (Phi) is 37.5. The fraction of sp³-hybridized carbons (Fsp3) is 0.884. The molecule has 0 radical (unpaired) electrons. The lowest BCUT2D eigenvalue weighted by Gasteiger charge is -2.18. The molecule has 0 unspecified atom stereocenters. The van der Waals surface area contributed by atoms with Crippen molar-refractivity contribution in [2.75, 3.05) is 13.2 Å². The Bertz CT molecular complexity index is 763. The van der Waals surface area contributed by atoms with Gasteiger partial charge in [-0.1, -0.05) is 174 Å². The maximum Gasteiger partial charge on any atom is 0.306 e. The SMILES string of the molecule is CCCCCCCC/C=C\CCCCCCCC(=O)OC[C@@H](COC(=O)CCCCCCCCCCCCC)OC(=O)CCCCCCC. The van der Waals surface area contributed by atoms with Gasteiger partial charge < -0.3 is 14.2 Å². The third kappa shape index (κ3) is 37.2. The highest BCUT2D eigenvalue weighted by Crippen LogP contribution is 2.14. The van der Waals surface area contributed by atoms with Crippen molar-refractivity contribution >= 4 is 17.9 Å². The van der Waals surface area contributed by atoms with Gasteiger partial charge in [-0.25, -0.2) is 0 Å². The number of carbonyl (C=O) groups is 3. The summed E-state index contributed by atoms with van der Waals surface area (Å²) in [6.07, 6.45) is 39.4. The Morgan fingerprint density at radius 1 is 0.388 bits per heavy atom. The fourth-order valence-electron chi connectivity index (χ4n) is 6.02. The molecule has 0 N–H and O–H groups in total. The summed E-state index contributed by atoms with van der Waals surface area (Å²) in [5.41, 5.74) is 0. The highest BCUT2D eigenvalue weighted by molar-refractivity contribution is 5.71. The first-order valence-corrected chi connectivity index (χ1v) is 21.2. The van der Waals surface area contributed by atoms with Gasteiger partial charge in [0.2, 0.25) is 0 Å². The largest absolute Gasteiger partial charge is 0.462 e. The van der Waals surface area contributed by atoms with Crippen molar-refractivity contribution < 1.29 is 28.6 Å². The van der Waals surface area contributed by atoms with Gasteiger partial charge >= 0.3 is 17.9 Å². The molecule has 0 bridgehead atoms. The summed E-state index contributed by atoms with van der Waals surface area (Å²) in [5.74, 6) is -0.891. The molecule has 0 fully saturated rings. The molecular weight excluding hydrogens is 612 g/mol. The van der Waals surface area contributed by atoms with Gasteiger partial charge in [0.25, 0.3) is 0 Å². The van der Waals surface area contributed by atoms with Crippen LogP contribution in [0.5, 0.6) is 0 Å². The third-order valence-corrected chi connectivity index (χ3v) is 9.27. The van der Waals surface area contributed by atoms with E-state index < -0.39 is 6.10 Å². The molecule has 0 aliphatic rings. The molecule has 0 aromatic heterocycles. The second-order valence-corrected chi connectivity index (χ2v) is 14.3. The van der Waals surface area contributed by atoms with E-state index >= 15 is 0 Å². The van der Waals surface area contributed by atoms with Gasteiger partial charge in [0.1, 0.15) is 13.2 Å². The molecule has 6 nitrogen and oxygen atoms in total. The zero-order valence-corrected chi connectivity index (χ0v) is 32.7. The first kappa shape index (κ1) is 47.1. The number of ether oxygens (including phenoxy) is 3. The monoisotopic (exact) mass is 693 g/mol. The van der Waals surface area contributed by atoms with Crippen molar-refractivity contribution in [3.8, 4) is 0 Å². The predicted molar refractivity (Wildman–Crippen MR) is 206 cm³/mol. The highest BCUT2D eigenvalue weighted by Gasteiger charge is 2.19. The standard InChI is InChI=1S/C43H80O6/c1-4-7-10-13-15-17-19-20-21-22-24-26-28-31-33-36-42(45)48-39-40(49-43(46)37-34-29-12-9-6-3)38-47-41(44)35-32-30-27-25-23-18-16-14-11-8-5-2/h20-21,40H,4-19,22-39H2,1-3H3/b21-20-/t40-/m1/s1. The lowest BCUT2D eigenvalue weighted by molar-refractivity contribution is -0.167. The molecule has 49 heavy (non-hydrogen) atoms. The summed E-state index contributed by atoms with van der Waals surface area (Å²) in [5, 5.41) is 0. The average molecular weight is 693 g/mol. The number of carbonyl (C=O) groups excluding carboxylic acids is 3. The van der Waals surface area contributed by atoms with Crippen molar-refractivity contribution in [3.63, 3.8) is 0 Å². The van der Waals surface area contributed by atoms with Crippen LogP contribution in [-0.4, -0.2) is 37.2 Å². The van der Waals surface area contributed by atoms with Crippen LogP contribution in [0.3, 0.4) is 0 Å². The van der Waals surface area contributed by atoms with Crippen molar-refractivity contribution in [2.24, 2.45) is 0 Å². The summed E-state index contributed by atoms with van der Waals surface area (Å²) in [6.45, 7) is 6.53. The molecule has 0 rings (SSSR count). The molecule has 1 atom stereocenters. The van der Waals surface area contributed by atoms with E-state index in [1.807, 2.05) is 0 Å². The van der Waals surface area contributed by atoms with E-state index in [-0.39, 0.29) is 31.1 Å². The van der Waals surface area contributed by atoms with Gasteiger partial charge in [-0.15, -0.1) is 0 Å². The van der Waals surface area contributed by atoms with E-state index in [1.165, 1.54) is 116 Å². The molecule has 0 aromatic rings. The van der Waals surface area contributed by atoms with Gasteiger partial charge in [-0.3, -0.25) is 14.4 Å². The Balaban J connectivity index is 4.19. The first-order chi connectivity index (χ1) is 24.0. The molecule has 0 saturated heterocycles. The molecule has 0 amide bonds. The second-order valence-electron chi connectivity index (χ2n) is 14.3. The van der Waals surface area contributed by atoms with Crippen LogP contribution in [0.25, 0.3) is 0 Å². The zero-order valence-electron chi connectivity index (χ0n) is 32.7. The molecule has 0 saturated carbocycles. The van der Waals surface area contributed by atoms with Crippen LogP contribution in [0, 0.1) is 0 Å². The van der Waals surface area contributed by atoms with Crippen LogP contribution in [0.1, 0.15) is 226 Å². The van der Waals surface area contributed by atoms with Crippen molar-refractivity contribution in [1.29, 1.82) is 0 Å². The molecule has 6 heteroatoms. The van der Waals surface area contributed by atoms with Crippen LogP contribution in [0.4, 0.5) is 0 Å². The maximum absolute atomic E-state index is 12.5. The van der Waals surface area contributed by atoms with Crippen LogP contribution in [-0.2, 0) is 28.6 Å². The number of hydrogen-bond donors (Lipinski definition) is 0. The lowest BCUT2D eigenvalue weighted by atomic mass is 10.1.